The molecule has 1 saturated heterocycles. The number of hydrogen-bond acceptors (Lipinski definition) is 5. The summed E-state index contributed by atoms with van der Waals surface area (Å²) in [4.78, 5) is 14.0. The average Bonchev–Trinajstić information content (AvgIpc) is 3.04. The van der Waals surface area contributed by atoms with Crippen molar-refractivity contribution in [3.63, 3.8) is 0 Å². The molecule has 2 unspecified atom stereocenters. The maximum atomic E-state index is 12.8. The first-order valence-electron chi connectivity index (χ1n) is 7.08. The van der Waals surface area contributed by atoms with E-state index in [-0.39, 0.29) is 29.0 Å². The van der Waals surface area contributed by atoms with E-state index < -0.39 is 6.23 Å². The SMILES string of the molecule is C=CC[N+]1(CC=C)CC(O)N(c2cc(C(C)OC)on2)C1=O. The number of aromatic nitrogens is 1. The maximum Gasteiger partial charge on any atom is 0.427 e. The van der Waals surface area contributed by atoms with Crippen LogP contribution in [0.4, 0.5) is 10.6 Å². The van der Waals surface area contributed by atoms with E-state index in [4.69, 9.17) is 9.26 Å². The lowest BCUT2D eigenvalue weighted by Gasteiger charge is -2.27. The highest BCUT2D eigenvalue weighted by atomic mass is 16.5. The Hall–Kier alpha value is -1.96. The molecule has 2 rings (SSSR count). The number of nitrogens with zero attached hydrogens (tertiary/aromatic N) is 3. The van der Waals surface area contributed by atoms with Gasteiger partial charge in [-0.15, -0.1) is 0 Å². The zero-order valence-corrected chi connectivity index (χ0v) is 12.9. The summed E-state index contributed by atoms with van der Waals surface area (Å²) >= 11 is 0. The molecular formula is C15H22N3O4+. The van der Waals surface area contributed by atoms with Gasteiger partial charge in [-0.25, -0.2) is 14.2 Å². The number of ether oxygens (including phenoxy) is 1. The Kier molecular flexibility index (Phi) is 4.80. The monoisotopic (exact) mass is 308 g/mol. The minimum absolute atomic E-state index is 0.0379. The summed E-state index contributed by atoms with van der Waals surface area (Å²) < 4.78 is 10.4. The molecule has 0 radical (unpaired) electrons. The van der Waals surface area contributed by atoms with Gasteiger partial charge in [0.1, 0.15) is 25.7 Å². The van der Waals surface area contributed by atoms with Crippen LogP contribution in [0.5, 0.6) is 0 Å². The minimum Gasteiger partial charge on any atom is -0.374 e. The number of hydrogen-bond donors (Lipinski definition) is 1. The molecular weight excluding hydrogens is 286 g/mol. The summed E-state index contributed by atoms with van der Waals surface area (Å²) in [5.41, 5.74) is 0. The fourth-order valence-corrected chi connectivity index (χ4v) is 2.65. The van der Waals surface area contributed by atoms with Gasteiger partial charge in [-0.05, 0) is 19.1 Å². The highest BCUT2D eigenvalue weighted by molar-refractivity contribution is 5.88. The lowest BCUT2D eigenvalue weighted by Crippen LogP contribution is -2.51. The molecule has 1 aromatic heterocycles. The summed E-state index contributed by atoms with van der Waals surface area (Å²) in [5, 5.41) is 14.2. The predicted molar refractivity (Wildman–Crippen MR) is 81.1 cm³/mol. The van der Waals surface area contributed by atoms with Crippen molar-refractivity contribution in [1.82, 2.24) is 5.16 Å². The molecule has 0 aromatic carbocycles. The van der Waals surface area contributed by atoms with Crippen LogP contribution >= 0.6 is 0 Å². The van der Waals surface area contributed by atoms with Crippen molar-refractivity contribution in [3.05, 3.63) is 37.1 Å². The number of rotatable bonds is 7. The van der Waals surface area contributed by atoms with Crippen LogP contribution in [0.25, 0.3) is 0 Å². The average molecular weight is 308 g/mol. The van der Waals surface area contributed by atoms with E-state index in [0.717, 1.165) is 0 Å². The van der Waals surface area contributed by atoms with Crippen LogP contribution in [0.3, 0.4) is 0 Å². The number of amides is 2. The van der Waals surface area contributed by atoms with Crippen LogP contribution in [0.1, 0.15) is 18.8 Å². The first-order chi connectivity index (χ1) is 10.5. The van der Waals surface area contributed by atoms with Crippen molar-refractivity contribution in [2.24, 2.45) is 0 Å². The number of anilines is 1. The summed E-state index contributed by atoms with van der Waals surface area (Å²) in [6.07, 6.45) is 2.08. The molecule has 1 N–H and O–H groups in total. The van der Waals surface area contributed by atoms with E-state index in [1.165, 1.54) is 4.90 Å². The fraction of sp³-hybridized carbons (Fsp3) is 0.467. The molecule has 0 spiro atoms. The topological polar surface area (TPSA) is 75.8 Å². The van der Waals surface area contributed by atoms with E-state index >= 15 is 0 Å². The summed E-state index contributed by atoms with van der Waals surface area (Å²) in [6.45, 7) is 10.3. The van der Waals surface area contributed by atoms with E-state index in [2.05, 4.69) is 18.3 Å². The smallest absolute Gasteiger partial charge is 0.374 e. The van der Waals surface area contributed by atoms with Crippen LogP contribution in [-0.2, 0) is 4.74 Å². The number of carbonyl (C=O) groups is 1. The second-order valence-electron chi connectivity index (χ2n) is 5.37. The summed E-state index contributed by atoms with van der Waals surface area (Å²) in [7, 11) is 1.55. The standard InChI is InChI=1S/C15H22N3O4/c1-5-7-18(8-6-2)10-14(19)17(15(18)20)13-9-12(22-16-13)11(3)21-4/h5-6,9,11,14,19H,1-2,7-8,10H2,3-4H3/q+1. The number of methoxy groups -OCH3 is 1. The van der Waals surface area contributed by atoms with Crippen molar-refractivity contribution >= 4 is 11.8 Å². The van der Waals surface area contributed by atoms with Gasteiger partial charge in [-0.2, -0.15) is 0 Å². The quantitative estimate of drug-likeness (QED) is 0.614. The molecule has 0 saturated carbocycles. The molecule has 7 heteroatoms. The van der Waals surface area contributed by atoms with E-state index in [0.29, 0.717) is 18.8 Å². The molecule has 7 nitrogen and oxygen atoms in total. The predicted octanol–water partition coefficient (Wildman–Crippen LogP) is 1.83. The van der Waals surface area contributed by atoms with Crippen LogP contribution in [0.15, 0.2) is 35.9 Å². The van der Waals surface area contributed by atoms with Crippen molar-refractivity contribution in [2.75, 3.05) is 31.6 Å². The van der Waals surface area contributed by atoms with Crippen LogP contribution < -0.4 is 4.90 Å². The molecule has 2 atom stereocenters. The maximum absolute atomic E-state index is 12.8. The van der Waals surface area contributed by atoms with Gasteiger partial charge >= 0.3 is 6.03 Å². The third kappa shape index (κ3) is 2.70. The van der Waals surface area contributed by atoms with E-state index in [1.807, 2.05) is 6.92 Å². The molecule has 1 aromatic rings. The molecule has 22 heavy (non-hydrogen) atoms. The van der Waals surface area contributed by atoms with E-state index in [1.54, 1.807) is 25.3 Å². The van der Waals surface area contributed by atoms with Gasteiger partial charge in [0.15, 0.2) is 17.8 Å². The zero-order chi connectivity index (χ0) is 16.3. The molecule has 120 valence electrons. The van der Waals surface area contributed by atoms with Crippen molar-refractivity contribution in [3.8, 4) is 0 Å². The fourth-order valence-electron chi connectivity index (χ4n) is 2.65. The largest absolute Gasteiger partial charge is 0.427 e. The van der Waals surface area contributed by atoms with Gasteiger partial charge in [0.2, 0.25) is 0 Å². The summed E-state index contributed by atoms with van der Waals surface area (Å²) in [6, 6.07) is 1.36. The molecule has 1 aliphatic rings. The zero-order valence-electron chi connectivity index (χ0n) is 12.9. The molecule has 1 aliphatic heterocycles. The van der Waals surface area contributed by atoms with Crippen molar-refractivity contribution in [2.45, 2.75) is 19.3 Å². The van der Waals surface area contributed by atoms with Crippen LogP contribution in [-0.4, -0.2) is 53.7 Å². The van der Waals surface area contributed by atoms with Gasteiger partial charge in [0.25, 0.3) is 0 Å². The highest BCUT2D eigenvalue weighted by Gasteiger charge is 2.52. The Morgan fingerprint density at radius 2 is 2.23 bits per heavy atom. The molecule has 2 amide bonds. The number of aliphatic hydroxyl groups is 1. The Labute approximate surface area is 129 Å². The summed E-state index contributed by atoms with van der Waals surface area (Å²) in [5.74, 6) is 0.777. The third-order valence-electron chi connectivity index (χ3n) is 3.90. The first-order valence-corrected chi connectivity index (χ1v) is 7.08. The number of urea groups is 1. The highest BCUT2D eigenvalue weighted by Crippen LogP contribution is 2.30. The van der Waals surface area contributed by atoms with Gasteiger partial charge in [0.05, 0.1) is 0 Å². The van der Waals surface area contributed by atoms with Gasteiger partial charge in [-0.1, -0.05) is 18.3 Å². The van der Waals surface area contributed by atoms with Crippen LogP contribution in [0.2, 0.25) is 0 Å². The third-order valence-corrected chi connectivity index (χ3v) is 3.90. The normalized spacial score (nSPS) is 21.9. The lowest BCUT2D eigenvalue weighted by atomic mass is 10.3. The Morgan fingerprint density at radius 1 is 1.59 bits per heavy atom. The second-order valence-corrected chi connectivity index (χ2v) is 5.37. The molecule has 0 aliphatic carbocycles. The Bertz CT molecular complexity index is 559. The Balaban J connectivity index is 2.31. The van der Waals surface area contributed by atoms with Crippen molar-refractivity contribution in [1.29, 1.82) is 0 Å². The number of carbonyl (C=O) groups excluding carboxylic acids is 1. The number of aliphatic hydroxyl groups excluding tert-OH is 1. The van der Waals surface area contributed by atoms with Gasteiger partial charge < -0.3 is 14.4 Å². The first kappa shape index (κ1) is 16.4. The molecule has 2 heterocycles. The van der Waals surface area contributed by atoms with Crippen LogP contribution in [0, 0.1) is 0 Å². The molecule has 1 fully saturated rings. The molecule has 0 bridgehead atoms. The second kappa shape index (κ2) is 6.43. The Morgan fingerprint density at radius 3 is 2.77 bits per heavy atom. The van der Waals surface area contributed by atoms with Crippen molar-refractivity contribution < 1.29 is 23.6 Å². The van der Waals surface area contributed by atoms with Gasteiger partial charge in [-0.3, -0.25) is 0 Å². The lowest BCUT2D eigenvalue weighted by molar-refractivity contribution is -0.831. The van der Waals surface area contributed by atoms with Gasteiger partial charge in [0, 0.05) is 13.2 Å². The number of quaternary nitrogens is 1. The van der Waals surface area contributed by atoms with E-state index in [9.17, 15) is 9.90 Å². The minimum atomic E-state index is -0.969.